The molecule has 1 aliphatic heterocycles. The molecule has 200 valence electrons. The van der Waals surface area contributed by atoms with Crippen molar-refractivity contribution in [1.82, 2.24) is 34.6 Å². The number of halogens is 3. The lowest BCUT2D eigenvalue weighted by Gasteiger charge is -2.30. The number of nitrogens with zero attached hydrogens (tertiary/aromatic N) is 6. The maximum Gasteiger partial charge on any atom is 0.389 e. The highest BCUT2D eigenvalue weighted by atomic mass is 19.4. The summed E-state index contributed by atoms with van der Waals surface area (Å²) in [6.07, 6.45) is 2.42. The number of imidazole rings is 1. The van der Waals surface area contributed by atoms with Crippen LogP contribution in [0.1, 0.15) is 69.9 Å². The Morgan fingerprint density at radius 2 is 1.97 bits per heavy atom. The minimum absolute atomic E-state index is 0.165. The van der Waals surface area contributed by atoms with Crippen molar-refractivity contribution in [2.75, 3.05) is 13.2 Å². The van der Waals surface area contributed by atoms with Gasteiger partial charge in [-0.1, -0.05) is 6.42 Å². The van der Waals surface area contributed by atoms with E-state index in [-0.39, 0.29) is 6.42 Å². The molecule has 2 atom stereocenters. The molecule has 0 saturated heterocycles. The summed E-state index contributed by atoms with van der Waals surface area (Å²) in [5.74, 6) is 0.888. The summed E-state index contributed by atoms with van der Waals surface area (Å²) < 4.78 is 46.6. The Hall–Kier alpha value is -3.44. The standard InChI is InChI=1S/C25H32F3N7O2/c1-4-35-16(2)19-14-20(31-17(3)30-19)21-15-34-12-11-29-22(34)23(33-21)37-13-7-5-6-8-18(32-24(35)36)9-10-25(26,27)28/h11-12,14-16,18H,4-10,13H2,1-3H3,(H,32,36)/t16-,18-/m1/s1. The minimum atomic E-state index is -4.28. The first-order valence-electron chi connectivity index (χ1n) is 12.6. The first-order chi connectivity index (χ1) is 17.6. The molecule has 0 aromatic carbocycles. The molecular formula is C25H32F3N7O2. The first-order valence-corrected chi connectivity index (χ1v) is 12.6. The summed E-state index contributed by atoms with van der Waals surface area (Å²) in [6.45, 7) is 6.17. The Balaban J connectivity index is 1.70. The van der Waals surface area contributed by atoms with E-state index in [1.807, 2.05) is 24.4 Å². The summed E-state index contributed by atoms with van der Waals surface area (Å²) in [4.78, 5) is 32.9. The first kappa shape index (κ1) is 26.6. The third-order valence-electron chi connectivity index (χ3n) is 6.50. The largest absolute Gasteiger partial charge is 0.475 e. The van der Waals surface area contributed by atoms with Crippen LogP contribution in [0.4, 0.5) is 18.0 Å². The fraction of sp³-hybridized carbons (Fsp3) is 0.560. The monoisotopic (exact) mass is 519 g/mol. The maximum atomic E-state index is 13.2. The van der Waals surface area contributed by atoms with Crippen molar-refractivity contribution >= 4 is 11.7 Å². The summed E-state index contributed by atoms with van der Waals surface area (Å²) in [5.41, 5.74) is 2.33. The number of nitrogens with one attached hydrogen (secondary N) is 1. The van der Waals surface area contributed by atoms with Crippen molar-refractivity contribution in [1.29, 1.82) is 0 Å². The van der Waals surface area contributed by atoms with Crippen molar-refractivity contribution < 1.29 is 22.7 Å². The number of fused-ring (bicyclic) bond motifs is 7. The number of rotatable bonds is 3. The molecule has 37 heavy (non-hydrogen) atoms. The quantitative estimate of drug-likeness (QED) is 0.508. The van der Waals surface area contributed by atoms with Gasteiger partial charge < -0.3 is 19.4 Å². The normalized spacial score (nSPS) is 19.8. The van der Waals surface area contributed by atoms with Crippen LogP contribution in [0.25, 0.3) is 17.0 Å². The van der Waals surface area contributed by atoms with Gasteiger partial charge in [-0.05, 0) is 52.5 Å². The summed E-state index contributed by atoms with van der Waals surface area (Å²) in [7, 11) is 0. The lowest BCUT2D eigenvalue weighted by atomic mass is 10.0. The number of alkyl halides is 3. The van der Waals surface area contributed by atoms with Gasteiger partial charge in [0.05, 0.1) is 24.0 Å². The number of amides is 2. The SMILES string of the molecule is CCN1C(=O)N[C@@H](CCC(F)(F)F)CCCCCOc2nc(cn3ccnc23)-c2cc(nc(C)n2)[C@H]1C. The van der Waals surface area contributed by atoms with Crippen LogP contribution < -0.4 is 10.1 Å². The zero-order chi connectivity index (χ0) is 26.6. The average molecular weight is 520 g/mol. The molecule has 3 aromatic rings. The van der Waals surface area contributed by atoms with E-state index in [0.29, 0.717) is 66.8 Å². The molecule has 0 spiro atoms. The predicted octanol–water partition coefficient (Wildman–Crippen LogP) is 5.25. The number of hydrogen-bond donors (Lipinski definition) is 1. The van der Waals surface area contributed by atoms with Gasteiger partial charge in [-0.25, -0.2) is 24.7 Å². The Morgan fingerprint density at radius 1 is 1.16 bits per heavy atom. The van der Waals surface area contributed by atoms with E-state index in [4.69, 9.17) is 4.74 Å². The fourth-order valence-electron chi connectivity index (χ4n) is 4.53. The number of aromatic nitrogens is 5. The van der Waals surface area contributed by atoms with Gasteiger partial charge >= 0.3 is 12.2 Å². The van der Waals surface area contributed by atoms with Crippen molar-refractivity contribution in [3.8, 4) is 17.3 Å². The van der Waals surface area contributed by atoms with E-state index >= 15 is 0 Å². The summed E-state index contributed by atoms with van der Waals surface area (Å²) >= 11 is 0. The molecule has 0 radical (unpaired) electrons. The van der Waals surface area contributed by atoms with Gasteiger partial charge in [0, 0.05) is 37.6 Å². The Kier molecular flexibility index (Phi) is 8.13. The molecule has 4 rings (SSSR count). The zero-order valence-electron chi connectivity index (χ0n) is 21.3. The van der Waals surface area contributed by atoms with Gasteiger partial charge in [0.2, 0.25) is 5.65 Å². The van der Waals surface area contributed by atoms with Gasteiger partial charge in [0.15, 0.2) is 0 Å². The molecule has 0 unspecified atom stereocenters. The lowest BCUT2D eigenvalue weighted by Crippen LogP contribution is -2.46. The molecule has 2 amide bonds. The summed E-state index contributed by atoms with van der Waals surface area (Å²) in [5, 5.41) is 2.85. The van der Waals surface area contributed by atoms with Crippen LogP contribution >= 0.6 is 0 Å². The molecule has 4 heterocycles. The number of hydrogen-bond acceptors (Lipinski definition) is 6. The van der Waals surface area contributed by atoms with E-state index in [1.165, 1.54) is 0 Å². The van der Waals surface area contributed by atoms with Crippen molar-refractivity contribution in [2.24, 2.45) is 0 Å². The summed E-state index contributed by atoms with van der Waals surface area (Å²) in [6, 6.07) is 0.336. The topological polar surface area (TPSA) is 97.5 Å². The van der Waals surface area contributed by atoms with E-state index in [9.17, 15) is 18.0 Å². The zero-order valence-corrected chi connectivity index (χ0v) is 21.3. The highest BCUT2D eigenvalue weighted by Crippen LogP contribution is 2.28. The molecule has 0 saturated carbocycles. The van der Waals surface area contributed by atoms with Crippen LogP contribution in [0.5, 0.6) is 5.88 Å². The van der Waals surface area contributed by atoms with Gasteiger partial charge in [0.25, 0.3) is 5.88 Å². The average Bonchev–Trinajstić information content (AvgIpc) is 3.32. The van der Waals surface area contributed by atoms with E-state index in [1.54, 1.807) is 30.3 Å². The number of carbonyl (C=O) groups is 1. The molecule has 0 aliphatic carbocycles. The van der Waals surface area contributed by atoms with Crippen molar-refractivity contribution in [3.05, 3.63) is 36.2 Å². The molecule has 1 aliphatic rings. The predicted molar refractivity (Wildman–Crippen MR) is 131 cm³/mol. The van der Waals surface area contributed by atoms with Crippen LogP contribution in [0.2, 0.25) is 0 Å². The Morgan fingerprint density at radius 3 is 2.73 bits per heavy atom. The lowest BCUT2D eigenvalue weighted by molar-refractivity contribution is -0.136. The van der Waals surface area contributed by atoms with Crippen LogP contribution in [0, 0.1) is 6.92 Å². The highest BCUT2D eigenvalue weighted by Gasteiger charge is 2.30. The van der Waals surface area contributed by atoms with Gasteiger partial charge in [-0.2, -0.15) is 13.2 Å². The van der Waals surface area contributed by atoms with Crippen LogP contribution in [-0.2, 0) is 0 Å². The smallest absolute Gasteiger partial charge is 0.389 e. The van der Waals surface area contributed by atoms with Crippen LogP contribution in [0.15, 0.2) is 24.7 Å². The molecule has 12 heteroatoms. The third kappa shape index (κ3) is 6.66. The number of ether oxygens (including phenoxy) is 1. The van der Waals surface area contributed by atoms with E-state index < -0.39 is 30.7 Å². The molecule has 3 aromatic heterocycles. The molecule has 4 bridgehead atoms. The molecule has 0 fully saturated rings. The van der Waals surface area contributed by atoms with Crippen molar-refractivity contribution in [3.63, 3.8) is 0 Å². The van der Waals surface area contributed by atoms with Crippen LogP contribution in [0.3, 0.4) is 0 Å². The maximum absolute atomic E-state index is 13.2. The molecular weight excluding hydrogens is 487 g/mol. The fourth-order valence-corrected chi connectivity index (χ4v) is 4.53. The van der Waals surface area contributed by atoms with Crippen molar-refractivity contribution in [2.45, 2.75) is 77.6 Å². The molecule has 1 N–H and O–H groups in total. The highest BCUT2D eigenvalue weighted by molar-refractivity contribution is 5.75. The minimum Gasteiger partial charge on any atom is -0.475 e. The van der Waals surface area contributed by atoms with Gasteiger partial charge in [-0.15, -0.1) is 0 Å². The van der Waals surface area contributed by atoms with E-state index in [2.05, 4.69) is 25.3 Å². The number of aryl methyl sites for hydroxylation is 1. The second-order valence-corrected chi connectivity index (χ2v) is 9.27. The second-order valence-electron chi connectivity index (χ2n) is 9.27. The van der Waals surface area contributed by atoms with E-state index in [0.717, 1.165) is 6.42 Å². The third-order valence-corrected chi connectivity index (χ3v) is 6.50. The number of carbonyl (C=O) groups excluding carboxylic acids is 1. The van der Waals surface area contributed by atoms with Gasteiger partial charge in [0.1, 0.15) is 11.5 Å². The van der Waals surface area contributed by atoms with Gasteiger partial charge in [-0.3, -0.25) is 0 Å². The van der Waals surface area contributed by atoms with Crippen LogP contribution in [-0.4, -0.2) is 60.6 Å². The second kappa shape index (κ2) is 11.3. The Labute approximate surface area is 213 Å². The number of urea groups is 1. The molecule has 9 nitrogen and oxygen atoms in total. The Bertz CT molecular complexity index is 1230.